The zero-order chi connectivity index (χ0) is 14.7. The lowest BCUT2D eigenvalue weighted by atomic mass is 10.2. The molecule has 0 bridgehead atoms. The zero-order valence-corrected chi connectivity index (χ0v) is 12.6. The average Bonchev–Trinajstić information content (AvgIpc) is 2.42. The van der Waals surface area contributed by atoms with Gasteiger partial charge in [0.05, 0.1) is 7.11 Å². The molecular weight excluding hydrogens is 324 g/mol. The Labute approximate surface area is 124 Å². The highest BCUT2D eigenvalue weighted by Crippen LogP contribution is 2.33. The Morgan fingerprint density at radius 2 is 2.05 bits per heavy atom. The number of aryl methyl sites for hydroxylation is 1. The van der Waals surface area contributed by atoms with Gasteiger partial charge in [-0.25, -0.2) is 4.98 Å². The molecule has 0 saturated heterocycles. The summed E-state index contributed by atoms with van der Waals surface area (Å²) in [4.78, 5) is 15.3. The van der Waals surface area contributed by atoms with Crippen LogP contribution in [-0.2, 0) is 0 Å². The van der Waals surface area contributed by atoms with E-state index in [1.807, 2.05) is 13.0 Å². The summed E-state index contributed by atoms with van der Waals surface area (Å²) in [6.07, 6.45) is 1.65. The minimum atomic E-state index is -0.521. The molecule has 6 heteroatoms. The molecule has 0 saturated carbocycles. The summed E-state index contributed by atoms with van der Waals surface area (Å²) >= 11 is 3.34. The summed E-state index contributed by atoms with van der Waals surface area (Å²) in [7, 11) is 1.49. The number of ether oxygens (including phenoxy) is 2. The van der Waals surface area contributed by atoms with Gasteiger partial charge in [0.25, 0.3) is 0 Å². The molecule has 1 aromatic carbocycles. The summed E-state index contributed by atoms with van der Waals surface area (Å²) in [6, 6.07) is 6.63. The van der Waals surface area contributed by atoms with E-state index in [9.17, 15) is 4.79 Å². The van der Waals surface area contributed by atoms with E-state index in [1.165, 1.54) is 13.2 Å². The Morgan fingerprint density at radius 3 is 2.65 bits per heavy atom. The molecule has 2 rings (SSSR count). The summed E-state index contributed by atoms with van der Waals surface area (Å²) in [5, 5.41) is 0. The second-order valence-corrected chi connectivity index (χ2v) is 5.02. The van der Waals surface area contributed by atoms with Gasteiger partial charge in [0.15, 0.2) is 11.5 Å². The second-order valence-electron chi connectivity index (χ2n) is 4.11. The van der Waals surface area contributed by atoms with E-state index in [-0.39, 0.29) is 0 Å². The quantitative estimate of drug-likeness (QED) is 0.930. The summed E-state index contributed by atoms with van der Waals surface area (Å²) < 4.78 is 11.8. The SMILES string of the molecule is COc1cc(C(N)=O)ccc1Oc1ncc(Br)cc1C. The topological polar surface area (TPSA) is 74.4 Å². The molecule has 2 N–H and O–H groups in total. The predicted molar refractivity (Wildman–Crippen MR) is 78.3 cm³/mol. The van der Waals surface area contributed by atoms with Gasteiger partial charge >= 0.3 is 0 Å². The van der Waals surface area contributed by atoms with Gasteiger partial charge in [-0.15, -0.1) is 0 Å². The lowest BCUT2D eigenvalue weighted by Crippen LogP contribution is -2.10. The summed E-state index contributed by atoms with van der Waals surface area (Å²) in [6.45, 7) is 1.89. The molecule has 0 atom stereocenters. The molecular formula is C14H13BrN2O3. The average molecular weight is 337 g/mol. The van der Waals surface area contributed by atoms with Crippen molar-refractivity contribution in [3.05, 3.63) is 46.1 Å². The number of pyridine rings is 1. The minimum Gasteiger partial charge on any atom is -0.493 e. The highest BCUT2D eigenvalue weighted by molar-refractivity contribution is 9.10. The number of hydrogen-bond donors (Lipinski definition) is 1. The number of aromatic nitrogens is 1. The molecule has 20 heavy (non-hydrogen) atoms. The third-order valence-electron chi connectivity index (χ3n) is 2.65. The molecule has 1 aromatic heterocycles. The van der Waals surface area contributed by atoms with E-state index >= 15 is 0 Å². The second kappa shape index (κ2) is 5.92. The van der Waals surface area contributed by atoms with Gasteiger partial charge in [0, 0.05) is 21.8 Å². The van der Waals surface area contributed by atoms with Crippen molar-refractivity contribution in [3.8, 4) is 17.4 Å². The Morgan fingerprint density at radius 1 is 1.30 bits per heavy atom. The first-order chi connectivity index (χ1) is 9.51. The number of hydrogen-bond acceptors (Lipinski definition) is 4. The van der Waals surface area contributed by atoms with Crippen LogP contribution in [0.3, 0.4) is 0 Å². The zero-order valence-electron chi connectivity index (χ0n) is 11.0. The Bertz CT molecular complexity index is 659. The fourth-order valence-corrected chi connectivity index (χ4v) is 2.09. The normalized spacial score (nSPS) is 10.2. The van der Waals surface area contributed by atoms with Gasteiger partial charge in [-0.3, -0.25) is 4.79 Å². The molecule has 104 valence electrons. The molecule has 0 fully saturated rings. The van der Waals surface area contributed by atoms with Crippen LogP contribution < -0.4 is 15.2 Å². The highest BCUT2D eigenvalue weighted by Gasteiger charge is 2.11. The number of carbonyl (C=O) groups excluding carboxylic acids is 1. The van der Waals surface area contributed by atoms with Crippen LogP contribution in [0.25, 0.3) is 0 Å². The van der Waals surface area contributed by atoms with Crippen LogP contribution in [0.2, 0.25) is 0 Å². The number of amides is 1. The van der Waals surface area contributed by atoms with E-state index in [1.54, 1.807) is 18.3 Å². The molecule has 5 nitrogen and oxygen atoms in total. The van der Waals surface area contributed by atoms with Crippen molar-refractivity contribution in [1.82, 2.24) is 4.98 Å². The minimum absolute atomic E-state index is 0.356. The molecule has 1 heterocycles. The number of carbonyl (C=O) groups is 1. The molecule has 1 amide bonds. The third kappa shape index (κ3) is 3.08. The molecule has 0 spiro atoms. The Balaban J connectivity index is 2.35. The maximum Gasteiger partial charge on any atom is 0.248 e. The molecule has 0 unspecified atom stereocenters. The van der Waals surface area contributed by atoms with Gasteiger partial charge in [-0.2, -0.15) is 0 Å². The maximum atomic E-state index is 11.1. The van der Waals surface area contributed by atoms with E-state index < -0.39 is 5.91 Å². The number of rotatable bonds is 4. The fourth-order valence-electron chi connectivity index (χ4n) is 1.64. The number of nitrogens with zero attached hydrogens (tertiary/aromatic N) is 1. The molecule has 0 radical (unpaired) electrons. The third-order valence-corrected chi connectivity index (χ3v) is 3.09. The largest absolute Gasteiger partial charge is 0.493 e. The van der Waals surface area contributed by atoms with Crippen molar-refractivity contribution in [2.24, 2.45) is 5.73 Å². The first-order valence-electron chi connectivity index (χ1n) is 5.79. The van der Waals surface area contributed by atoms with Gasteiger partial charge in [-0.05, 0) is 47.1 Å². The monoisotopic (exact) mass is 336 g/mol. The van der Waals surface area contributed by atoms with Gasteiger partial charge in [0.2, 0.25) is 11.8 Å². The van der Waals surface area contributed by atoms with E-state index in [0.29, 0.717) is 22.9 Å². The number of halogens is 1. The smallest absolute Gasteiger partial charge is 0.248 e. The summed E-state index contributed by atoms with van der Waals surface area (Å²) in [5.74, 6) is 0.840. The first kappa shape index (κ1) is 14.3. The van der Waals surface area contributed by atoms with E-state index in [0.717, 1.165) is 10.0 Å². The molecule has 2 aromatic rings. The number of benzene rings is 1. The highest BCUT2D eigenvalue weighted by atomic mass is 79.9. The molecule has 0 aliphatic heterocycles. The number of primary amides is 1. The standard InChI is InChI=1S/C14H13BrN2O3/c1-8-5-10(15)7-17-14(8)20-11-4-3-9(13(16)18)6-12(11)19-2/h3-7H,1-2H3,(H2,16,18). The van der Waals surface area contributed by atoms with Crippen LogP contribution in [0.4, 0.5) is 0 Å². The van der Waals surface area contributed by atoms with Gasteiger partial charge < -0.3 is 15.2 Å². The summed E-state index contributed by atoms with van der Waals surface area (Å²) in [5.41, 5.74) is 6.46. The fraction of sp³-hybridized carbons (Fsp3) is 0.143. The van der Waals surface area contributed by atoms with E-state index in [2.05, 4.69) is 20.9 Å². The van der Waals surface area contributed by atoms with Crippen molar-refractivity contribution in [3.63, 3.8) is 0 Å². The number of methoxy groups -OCH3 is 1. The molecule has 0 aliphatic rings. The van der Waals surface area contributed by atoms with Crippen molar-refractivity contribution in [2.75, 3.05) is 7.11 Å². The lowest BCUT2D eigenvalue weighted by molar-refractivity contribution is 0.1000. The van der Waals surface area contributed by atoms with Crippen molar-refractivity contribution < 1.29 is 14.3 Å². The van der Waals surface area contributed by atoms with Crippen molar-refractivity contribution >= 4 is 21.8 Å². The van der Waals surface area contributed by atoms with Crippen LogP contribution >= 0.6 is 15.9 Å². The van der Waals surface area contributed by atoms with Crippen molar-refractivity contribution in [2.45, 2.75) is 6.92 Å². The van der Waals surface area contributed by atoms with Crippen LogP contribution in [-0.4, -0.2) is 18.0 Å². The lowest BCUT2D eigenvalue weighted by Gasteiger charge is -2.12. The van der Waals surface area contributed by atoms with Crippen molar-refractivity contribution in [1.29, 1.82) is 0 Å². The molecule has 0 aliphatic carbocycles. The maximum absolute atomic E-state index is 11.1. The predicted octanol–water partition coefficient (Wildman–Crippen LogP) is 3.05. The van der Waals surface area contributed by atoms with Crippen LogP contribution in [0.15, 0.2) is 34.9 Å². The Hall–Kier alpha value is -2.08. The van der Waals surface area contributed by atoms with E-state index in [4.69, 9.17) is 15.2 Å². The van der Waals surface area contributed by atoms with Gasteiger partial charge in [-0.1, -0.05) is 0 Å². The van der Waals surface area contributed by atoms with Crippen LogP contribution in [0, 0.1) is 6.92 Å². The van der Waals surface area contributed by atoms with Crippen LogP contribution in [0.5, 0.6) is 17.4 Å². The Kier molecular flexibility index (Phi) is 4.24. The van der Waals surface area contributed by atoms with Crippen LogP contribution in [0.1, 0.15) is 15.9 Å². The first-order valence-corrected chi connectivity index (χ1v) is 6.58. The number of nitrogens with two attached hydrogens (primary N) is 1. The van der Waals surface area contributed by atoms with Gasteiger partial charge in [0.1, 0.15) is 0 Å².